The zero-order valence-corrected chi connectivity index (χ0v) is 14.2. The zero-order chi connectivity index (χ0) is 17.9. The lowest BCUT2D eigenvalue weighted by molar-refractivity contribution is -0.130. The van der Waals surface area contributed by atoms with Crippen LogP contribution in [0.25, 0.3) is 11.2 Å². The molecular weight excluding hydrogens is 331 g/mol. The minimum Gasteiger partial charge on any atom is -0.341 e. The maximum absolute atomic E-state index is 12.9. The number of amides is 1. The average molecular weight is 348 g/mol. The summed E-state index contributed by atoms with van der Waals surface area (Å²) in [4.78, 5) is 23.1. The SMILES string of the molecule is O=C(Cn1cnc2ccc(C#Cc3ccc(F)cc3)nc21)N1CCCC1. The Bertz CT molecular complexity index is 1010. The van der Waals surface area contributed by atoms with Crippen LogP contribution in [0.1, 0.15) is 24.1 Å². The topological polar surface area (TPSA) is 51.0 Å². The lowest BCUT2D eigenvalue weighted by Gasteiger charge is -2.15. The molecule has 1 aliphatic rings. The van der Waals surface area contributed by atoms with Gasteiger partial charge in [0, 0.05) is 18.7 Å². The molecule has 0 atom stereocenters. The van der Waals surface area contributed by atoms with Gasteiger partial charge in [-0.2, -0.15) is 0 Å². The molecule has 0 radical (unpaired) electrons. The summed E-state index contributed by atoms with van der Waals surface area (Å²) in [6, 6.07) is 9.63. The summed E-state index contributed by atoms with van der Waals surface area (Å²) >= 11 is 0. The van der Waals surface area contributed by atoms with Crippen molar-refractivity contribution in [2.24, 2.45) is 0 Å². The Kier molecular flexibility index (Phi) is 4.36. The highest BCUT2D eigenvalue weighted by molar-refractivity contribution is 5.79. The van der Waals surface area contributed by atoms with Crippen molar-refractivity contribution in [1.82, 2.24) is 19.4 Å². The quantitative estimate of drug-likeness (QED) is 0.669. The number of fused-ring (bicyclic) bond motifs is 1. The molecule has 0 bridgehead atoms. The van der Waals surface area contributed by atoms with Crippen molar-refractivity contribution in [3.8, 4) is 11.8 Å². The van der Waals surface area contributed by atoms with E-state index in [-0.39, 0.29) is 18.3 Å². The number of rotatable bonds is 2. The molecule has 2 aromatic heterocycles. The Hall–Kier alpha value is -3.20. The van der Waals surface area contributed by atoms with Gasteiger partial charge < -0.3 is 9.47 Å². The molecule has 1 fully saturated rings. The fraction of sp³-hybridized carbons (Fsp3) is 0.250. The molecule has 1 aromatic carbocycles. The normalized spacial score (nSPS) is 13.7. The van der Waals surface area contributed by atoms with E-state index in [0.29, 0.717) is 16.9 Å². The third-order valence-corrected chi connectivity index (χ3v) is 4.41. The van der Waals surface area contributed by atoms with Crippen LogP contribution in [0.4, 0.5) is 4.39 Å². The predicted octanol–water partition coefficient (Wildman–Crippen LogP) is 2.59. The molecule has 0 spiro atoms. The molecule has 0 unspecified atom stereocenters. The third-order valence-electron chi connectivity index (χ3n) is 4.41. The van der Waals surface area contributed by atoms with Crippen molar-refractivity contribution in [3.63, 3.8) is 0 Å². The second-order valence-corrected chi connectivity index (χ2v) is 6.26. The number of nitrogens with zero attached hydrogens (tertiary/aromatic N) is 4. The van der Waals surface area contributed by atoms with E-state index in [9.17, 15) is 9.18 Å². The number of pyridine rings is 1. The number of halogens is 1. The van der Waals surface area contributed by atoms with E-state index < -0.39 is 0 Å². The lowest BCUT2D eigenvalue weighted by Crippen LogP contribution is -2.30. The van der Waals surface area contributed by atoms with Gasteiger partial charge in [-0.05, 0) is 55.2 Å². The second-order valence-electron chi connectivity index (χ2n) is 6.26. The highest BCUT2D eigenvalue weighted by Gasteiger charge is 2.19. The van der Waals surface area contributed by atoms with Crippen LogP contribution >= 0.6 is 0 Å². The van der Waals surface area contributed by atoms with Gasteiger partial charge in [-0.15, -0.1) is 0 Å². The number of carbonyl (C=O) groups excluding carboxylic acids is 1. The molecule has 6 heteroatoms. The van der Waals surface area contributed by atoms with Gasteiger partial charge in [-0.1, -0.05) is 5.92 Å². The molecule has 1 aliphatic heterocycles. The monoisotopic (exact) mass is 348 g/mol. The van der Waals surface area contributed by atoms with Gasteiger partial charge in [-0.25, -0.2) is 14.4 Å². The summed E-state index contributed by atoms with van der Waals surface area (Å²) in [6.07, 6.45) is 3.78. The molecule has 130 valence electrons. The van der Waals surface area contributed by atoms with Crippen LogP contribution in [0, 0.1) is 17.7 Å². The van der Waals surface area contributed by atoms with Crippen molar-refractivity contribution in [2.45, 2.75) is 19.4 Å². The minimum absolute atomic E-state index is 0.0893. The first-order chi connectivity index (χ1) is 12.7. The highest BCUT2D eigenvalue weighted by atomic mass is 19.1. The molecule has 4 rings (SSSR count). The maximum Gasteiger partial charge on any atom is 0.242 e. The van der Waals surface area contributed by atoms with Gasteiger partial charge in [0.15, 0.2) is 5.65 Å². The van der Waals surface area contributed by atoms with Gasteiger partial charge in [0.25, 0.3) is 0 Å². The smallest absolute Gasteiger partial charge is 0.242 e. The summed E-state index contributed by atoms with van der Waals surface area (Å²) < 4.78 is 14.7. The van der Waals surface area contributed by atoms with Crippen LogP contribution in [-0.2, 0) is 11.3 Å². The molecule has 5 nitrogen and oxygen atoms in total. The molecular formula is C20H17FN4O. The molecule has 3 heterocycles. The summed E-state index contributed by atoms with van der Waals surface area (Å²) in [7, 11) is 0. The Morgan fingerprint density at radius 3 is 2.62 bits per heavy atom. The molecule has 0 saturated carbocycles. The lowest BCUT2D eigenvalue weighted by atomic mass is 10.2. The van der Waals surface area contributed by atoms with Crippen LogP contribution in [0.3, 0.4) is 0 Å². The van der Waals surface area contributed by atoms with Gasteiger partial charge in [0.2, 0.25) is 5.91 Å². The predicted molar refractivity (Wildman–Crippen MR) is 95.7 cm³/mol. The van der Waals surface area contributed by atoms with Gasteiger partial charge in [-0.3, -0.25) is 4.79 Å². The summed E-state index contributed by atoms with van der Waals surface area (Å²) in [6.45, 7) is 1.89. The van der Waals surface area contributed by atoms with Crippen molar-refractivity contribution in [2.75, 3.05) is 13.1 Å². The number of benzene rings is 1. The van der Waals surface area contributed by atoms with Crippen LogP contribution in [0.2, 0.25) is 0 Å². The number of aromatic nitrogens is 3. The number of hydrogen-bond donors (Lipinski definition) is 0. The van der Waals surface area contributed by atoms with Crippen molar-refractivity contribution >= 4 is 17.1 Å². The fourth-order valence-corrected chi connectivity index (χ4v) is 3.01. The van der Waals surface area contributed by atoms with E-state index in [1.807, 2.05) is 11.0 Å². The number of imidazole rings is 1. The van der Waals surface area contributed by atoms with E-state index in [1.165, 1.54) is 12.1 Å². The summed E-state index contributed by atoms with van der Waals surface area (Å²) in [5, 5.41) is 0. The standard InChI is InChI=1S/C20H17FN4O/c21-16-6-3-15(4-7-16)5-8-17-9-10-18-20(23-17)25(14-22-18)13-19(26)24-11-1-2-12-24/h3-4,6-7,9-10,14H,1-2,11-13H2. The summed E-state index contributed by atoms with van der Waals surface area (Å²) in [5.41, 5.74) is 2.67. The van der Waals surface area contributed by atoms with Crippen molar-refractivity contribution < 1.29 is 9.18 Å². The number of hydrogen-bond acceptors (Lipinski definition) is 3. The van der Waals surface area contributed by atoms with Gasteiger partial charge in [0.05, 0.1) is 6.33 Å². The molecule has 1 saturated heterocycles. The molecule has 3 aromatic rings. The Morgan fingerprint density at radius 2 is 1.85 bits per heavy atom. The zero-order valence-electron chi connectivity index (χ0n) is 14.2. The Morgan fingerprint density at radius 1 is 1.08 bits per heavy atom. The van der Waals surface area contributed by atoms with E-state index in [1.54, 1.807) is 29.1 Å². The highest BCUT2D eigenvalue weighted by Crippen LogP contribution is 2.13. The first-order valence-corrected chi connectivity index (χ1v) is 8.56. The molecule has 1 amide bonds. The first-order valence-electron chi connectivity index (χ1n) is 8.56. The first kappa shape index (κ1) is 16.3. The van der Waals surface area contributed by atoms with Crippen molar-refractivity contribution in [1.29, 1.82) is 0 Å². The Balaban J connectivity index is 1.58. The van der Waals surface area contributed by atoms with Crippen LogP contribution < -0.4 is 0 Å². The third kappa shape index (κ3) is 3.42. The van der Waals surface area contributed by atoms with Gasteiger partial charge >= 0.3 is 0 Å². The maximum atomic E-state index is 12.9. The van der Waals surface area contributed by atoms with Crippen LogP contribution in [0.15, 0.2) is 42.7 Å². The van der Waals surface area contributed by atoms with Crippen LogP contribution in [-0.4, -0.2) is 38.4 Å². The number of carbonyl (C=O) groups is 1. The average Bonchev–Trinajstić information content (AvgIpc) is 3.32. The second kappa shape index (κ2) is 6.96. The molecule has 26 heavy (non-hydrogen) atoms. The summed E-state index contributed by atoms with van der Waals surface area (Å²) in [5.74, 6) is 5.74. The largest absolute Gasteiger partial charge is 0.341 e. The van der Waals surface area contributed by atoms with E-state index in [2.05, 4.69) is 21.8 Å². The van der Waals surface area contributed by atoms with Gasteiger partial charge in [0.1, 0.15) is 23.6 Å². The van der Waals surface area contributed by atoms with Crippen LogP contribution in [0.5, 0.6) is 0 Å². The minimum atomic E-state index is -0.290. The van der Waals surface area contributed by atoms with E-state index >= 15 is 0 Å². The van der Waals surface area contributed by atoms with E-state index in [0.717, 1.165) is 31.4 Å². The molecule has 0 aliphatic carbocycles. The number of likely N-dealkylation sites (tertiary alicyclic amines) is 1. The van der Waals surface area contributed by atoms with Crippen molar-refractivity contribution in [3.05, 3.63) is 59.8 Å². The fourth-order valence-electron chi connectivity index (χ4n) is 3.01. The van der Waals surface area contributed by atoms with E-state index in [4.69, 9.17) is 0 Å². The molecule has 0 N–H and O–H groups in total. The Labute approximate surface area is 150 Å².